The molecule has 0 fully saturated rings. The lowest BCUT2D eigenvalue weighted by Crippen LogP contribution is -2.36. The summed E-state index contributed by atoms with van der Waals surface area (Å²) >= 11 is 0. The number of aromatic amines is 2. The molecule has 0 spiro atoms. The highest BCUT2D eigenvalue weighted by Crippen LogP contribution is 2.28. The van der Waals surface area contributed by atoms with Gasteiger partial charge in [-0.25, -0.2) is 14.6 Å². The third-order valence-corrected chi connectivity index (χ3v) is 5.84. The molecule has 10 nitrogen and oxygen atoms in total. The van der Waals surface area contributed by atoms with E-state index in [0.29, 0.717) is 18.6 Å². The van der Waals surface area contributed by atoms with Crippen LogP contribution in [0, 0.1) is 5.41 Å². The van der Waals surface area contributed by atoms with Crippen LogP contribution < -0.4 is 16.7 Å². The van der Waals surface area contributed by atoms with Gasteiger partial charge in [-0.1, -0.05) is 26.8 Å². The Morgan fingerprint density at radius 3 is 2.64 bits per heavy atom. The van der Waals surface area contributed by atoms with Gasteiger partial charge in [0, 0.05) is 19.6 Å². The average molecular weight is 455 g/mol. The van der Waals surface area contributed by atoms with E-state index >= 15 is 0 Å². The van der Waals surface area contributed by atoms with Gasteiger partial charge in [0.05, 0.1) is 23.3 Å². The molecule has 33 heavy (non-hydrogen) atoms. The number of imidazole rings is 2. The fraction of sp³-hybridized carbons (Fsp3) is 0.478. The number of amides is 1. The number of aryl methyl sites for hydroxylation is 1. The number of pyridine rings is 1. The van der Waals surface area contributed by atoms with E-state index in [0.717, 1.165) is 29.6 Å². The van der Waals surface area contributed by atoms with Crippen LogP contribution in [0.3, 0.4) is 0 Å². The van der Waals surface area contributed by atoms with Crippen LogP contribution in [0.1, 0.15) is 51.4 Å². The number of H-pyrrole nitrogens is 2. The van der Waals surface area contributed by atoms with Gasteiger partial charge in [0.1, 0.15) is 0 Å². The minimum atomic E-state index is -0.545. The number of rotatable bonds is 5. The summed E-state index contributed by atoms with van der Waals surface area (Å²) < 4.78 is 3.38. The van der Waals surface area contributed by atoms with Gasteiger partial charge in [0.25, 0.3) is 0 Å². The van der Waals surface area contributed by atoms with Crippen LogP contribution in [-0.4, -0.2) is 41.1 Å². The van der Waals surface area contributed by atoms with Crippen LogP contribution in [-0.2, 0) is 24.8 Å². The largest absolute Gasteiger partial charge is 0.493 e. The molecule has 1 unspecified atom stereocenters. The Hall–Kier alpha value is -3.56. The van der Waals surface area contributed by atoms with E-state index in [4.69, 9.17) is 4.98 Å². The summed E-state index contributed by atoms with van der Waals surface area (Å²) in [5, 5.41) is 12.6. The minimum absolute atomic E-state index is 0.0305. The molecule has 176 valence electrons. The first-order chi connectivity index (χ1) is 15.5. The summed E-state index contributed by atoms with van der Waals surface area (Å²) in [6, 6.07) is 3.88. The van der Waals surface area contributed by atoms with Crippen LogP contribution in [0.15, 0.2) is 27.8 Å². The fourth-order valence-electron chi connectivity index (χ4n) is 4.25. The first kappa shape index (κ1) is 22.6. The standard InChI is InChI=1S/C23H30N6O4/c1-23(2,3)12-29-17-10-9-15(25-19(17)28(4)22(29)33)13-5-7-14(8-6-13)24-18(30)11-16-20(31)27-21(32)26-16/h5,9-10,14,31H,6-8,11-12H2,1-4H3,(H,24,30)(H2,26,27,32). The summed E-state index contributed by atoms with van der Waals surface area (Å²) in [4.78, 5) is 45.6. The van der Waals surface area contributed by atoms with Crippen LogP contribution in [0.25, 0.3) is 16.7 Å². The number of aromatic hydroxyl groups is 1. The molecule has 0 radical (unpaired) electrons. The van der Waals surface area contributed by atoms with E-state index in [9.17, 15) is 19.5 Å². The van der Waals surface area contributed by atoms with Gasteiger partial charge in [-0.3, -0.25) is 18.9 Å². The molecule has 0 aromatic carbocycles. The first-order valence-electron chi connectivity index (χ1n) is 11.1. The number of hydrogen-bond donors (Lipinski definition) is 4. The van der Waals surface area contributed by atoms with Crippen molar-refractivity contribution in [2.75, 3.05) is 0 Å². The van der Waals surface area contributed by atoms with Crippen molar-refractivity contribution in [3.63, 3.8) is 0 Å². The molecular formula is C23H30N6O4. The van der Waals surface area contributed by atoms with Crippen molar-refractivity contribution in [3.8, 4) is 5.88 Å². The molecule has 3 aromatic rings. The van der Waals surface area contributed by atoms with E-state index < -0.39 is 5.69 Å². The molecule has 4 rings (SSSR count). The summed E-state index contributed by atoms with van der Waals surface area (Å²) in [6.45, 7) is 6.91. The molecule has 3 heterocycles. The van der Waals surface area contributed by atoms with E-state index in [2.05, 4.69) is 42.1 Å². The third-order valence-electron chi connectivity index (χ3n) is 5.84. The van der Waals surface area contributed by atoms with Gasteiger partial charge in [-0.15, -0.1) is 0 Å². The Morgan fingerprint density at radius 2 is 2.03 bits per heavy atom. The number of hydrogen-bond acceptors (Lipinski definition) is 5. The predicted molar refractivity (Wildman–Crippen MR) is 125 cm³/mol. The monoisotopic (exact) mass is 454 g/mol. The van der Waals surface area contributed by atoms with E-state index in [1.54, 1.807) is 16.2 Å². The second kappa shape index (κ2) is 8.42. The van der Waals surface area contributed by atoms with Crippen molar-refractivity contribution in [2.45, 2.75) is 59.0 Å². The second-order valence-electron chi connectivity index (χ2n) is 9.88. The van der Waals surface area contributed by atoms with E-state index in [1.807, 2.05) is 12.1 Å². The highest BCUT2D eigenvalue weighted by atomic mass is 16.3. The quantitative estimate of drug-likeness (QED) is 0.466. The van der Waals surface area contributed by atoms with Crippen molar-refractivity contribution < 1.29 is 9.90 Å². The molecule has 3 aromatic heterocycles. The molecular weight excluding hydrogens is 424 g/mol. The molecule has 1 aliphatic rings. The predicted octanol–water partition coefficient (Wildman–Crippen LogP) is 1.80. The maximum Gasteiger partial charge on any atom is 0.330 e. The summed E-state index contributed by atoms with van der Waals surface area (Å²) in [6.07, 6.45) is 4.11. The number of nitrogens with one attached hydrogen (secondary N) is 3. The lowest BCUT2D eigenvalue weighted by atomic mass is 9.93. The van der Waals surface area contributed by atoms with Crippen molar-refractivity contribution in [1.82, 2.24) is 29.4 Å². The maximum absolute atomic E-state index is 12.7. The minimum Gasteiger partial charge on any atom is -0.493 e. The number of nitrogens with zero attached hydrogens (tertiary/aromatic N) is 3. The highest BCUT2D eigenvalue weighted by Gasteiger charge is 2.22. The molecule has 0 saturated carbocycles. The number of allylic oxidation sites excluding steroid dienone is 1. The van der Waals surface area contributed by atoms with Crippen molar-refractivity contribution >= 4 is 22.6 Å². The molecule has 0 aliphatic heterocycles. The van der Waals surface area contributed by atoms with Gasteiger partial charge in [-0.05, 0) is 42.4 Å². The third kappa shape index (κ3) is 4.79. The van der Waals surface area contributed by atoms with E-state index in [-0.39, 0.29) is 41.0 Å². The van der Waals surface area contributed by atoms with Gasteiger partial charge in [0.2, 0.25) is 11.8 Å². The smallest absolute Gasteiger partial charge is 0.330 e. The van der Waals surface area contributed by atoms with Gasteiger partial charge < -0.3 is 15.4 Å². The maximum atomic E-state index is 12.7. The molecule has 10 heteroatoms. The van der Waals surface area contributed by atoms with Gasteiger partial charge in [-0.2, -0.15) is 0 Å². The van der Waals surface area contributed by atoms with Crippen molar-refractivity contribution in [1.29, 1.82) is 0 Å². The van der Waals surface area contributed by atoms with Crippen molar-refractivity contribution in [3.05, 3.63) is 50.6 Å². The molecule has 4 N–H and O–H groups in total. The Labute approximate surface area is 190 Å². The zero-order valence-electron chi connectivity index (χ0n) is 19.4. The Bertz CT molecular complexity index is 1350. The summed E-state index contributed by atoms with van der Waals surface area (Å²) in [7, 11) is 1.75. The Kier molecular flexibility index (Phi) is 5.77. The SMILES string of the molecule is Cn1c(=O)n(CC(C)(C)C)c2ccc(C3=CCC(NC(=O)Cc4[nH]c(=O)[nH]c4O)CC3)nc21. The Balaban J connectivity index is 1.47. The summed E-state index contributed by atoms with van der Waals surface area (Å²) in [5.41, 5.74) is 2.95. The first-order valence-corrected chi connectivity index (χ1v) is 11.1. The lowest BCUT2D eigenvalue weighted by molar-refractivity contribution is -0.121. The summed E-state index contributed by atoms with van der Waals surface area (Å²) in [5.74, 6) is -0.578. The normalized spacial score (nSPS) is 16.7. The zero-order valence-corrected chi connectivity index (χ0v) is 19.4. The molecule has 1 atom stereocenters. The molecule has 0 saturated heterocycles. The van der Waals surface area contributed by atoms with Crippen LogP contribution in [0.2, 0.25) is 0 Å². The molecule has 0 bridgehead atoms. The number of carbonyl (C=O) groups excluding carboxylic acids is 1. The Morgan fingerprint density at radius 1 is 1.27 bits per heavy atom. The lowest BCUT2D eigenvalue weighted by Gasteiger charge is -2.23. The molecule has 1 aliphatic carbocycles. The van der Waals surface area contributed by atoms with Gasteiger partial charge >= 0.3 is 11.4 Å². The number of fused-ring (bicyclic) bond motifs is 1. The zero-order chi connectivity index (χ0) is 23.9. The number of aromatic nitrogens is 5. The van der Waals surface area contributed by atoms with Crippen molar-refractivity contribution in [2.24, 2.45) is 12.5 Å². The van der Waals surface area contributed by atoms with Crippen LogP contribution >= 0.6 is 0 Å². The topological polar surface area (TPSA) is 138 Å². The van der Waals surface area contributed by atoms with E-state index in [1.165, 1.54) is 0 Å². The second-order valence-corrected chi connectivity index (χ2v) is 9.88. The van der Waals surface area contributed by atoms with Gasteiger partial charge in [0.15, 0.2) is 5.65 Å². The fourth-order valence-corrected chi connectivity index (χ4v) is 4.25. The highest BCUT2D eigenvalue weighted by molar-refractivity contribution is 5.79. The number of carbonyl (C=O) groups is 1. The van der Waals surface area contributed by atoms with Crippen LogP contribution in [0.5, 0.6) is 5.88 Å². The molecule has 1 amide bonds. The van der Waals surface area contributed by atoms with Crippen LogP contribution in [0.4, 0.5) is 0 Å². The average Bonchev–Trinajstić information content (AvgIpc) is 3.17.